The zero-order valence-electron chi connectivity index (χ0n) is 12.2. The zero-order chi connectivity index (χ0) is 14.3. The van der Waals surface area contributed by atoms with E-state index in [1.165, 1.54) is 0 Å². The Hall–Kier alpha value is -1.55. The van der Waals surface area contributed by atoms with Gasteiger partial charge in [-0.15, -0.1) is 0 Å². The van der Waals surface area contributed by atoms with Gasteiger partial charge in [0.15, 0.2) is 0 Å². The molecule has 0 saturated carbocycles. The second kappa shape index (κ2) is 7.79. The van der Waals surface area contributed by atoms with Crippen molar-refractivity contribution in [3.8, 4) is 5.75 Å². The van der Waals surface area contributed by atoms with Gasteiger partial charge in [-0.25, -0.2) is 0 Å². The van der Waals surface area contributed by atoms with E-state index < -0.39 is 0 Å². The fourth-order valence-electron chi connectivity index (χ4n) is 2.15. The predicted molar refractivity (Wildman–Crippen MR) is 75.7 cm³/mol. The van der Waals surface area contributed by atoms with Gasteiger partial charge in [0.25, 0.3) is 0 Å². The van der Waals surface area contributed by atoms with Gasteiger partial charge in [0.05, 0.1) is 13.5 Å². The molecule has 0 unspecified atom stereocenters. The summed E-state index contributed by atoms with van der Waals surface area (Å²) in [6, 6.07) is 4.05. The van der Waals surface area contributed by atoms with Crippen molar-refractivity contribution in [3.05, 3.63) is 28.8 Å². The molecule has 1 aromatic carbocycles. The Kier molecular flexibility index (Phi) is 6.36. The third kappa shape index (κ3) is 4.91. The second-order valence-corrected chi connectivity index (χ2v) is 4.65. The van der Waals surface area contributed by atoms with Crippen LogP contribution >= 0.6 is 0 Å². The molecule has 0 bridgehead atoms. The highest BCUT2D eigenvalue weighted by Crippen LogP contribution is 2.25. The summed E-state index contributed by atoms with van der Waals surface area (Å²) in [6.07, 6.45) is 1.17. The zero-order valence-corrected chi connectivity index (χ0v) is 12.2. The fourth-order valence-corrected chi connectivity index (χ4v) is 2.15. The maximum atomic E-state index is 11.9. The number of carbonyl (C=O) groups excluding carboxylic acids is 1. The Morgan fingerprint density at radius 3 is 2.63 bits per heavy atom. The van der Waals surface area contributed by atoms with Gasteiger partial charge in [0, 0.05) is 25.8 Å². The molecule has 106 valence electrons. The number of rotatable bonds is 7. The van der Waals surface area contributed by atoms with Gasteiger partial charge in [-0.2, -0.15) is 0 Å². The Balaban J connectivity index is 2.63. The van der Waals surface area contributed by atoms with Crippen LogP contribution in [-0.4, -0.2) is 33.3 Å². The lowest BCUT2D eigenvalue weighted by Gasteiger charge is -2.13. The van der Waals surface area contributed by atoms with E-state index in [1.54, 1.807) is 14.2 Å². The maximum Gasteiger partial charge on any atom is 0.224 e. The lowest BCUT2D eigenvalue weighted by molar-refractivity contribution is -0.120. The van der Waals surface area contributed by atoms with Crippen LogP contribution in [0.15, 0.2) is 12.1 Å². The first kappa shape index (κ1) is 15.5. The molecule has 1 amide bonds. The van der Waals surface area contributed by atoms with Crippen LogP contribution in [0.5, 0.6) is 5.75 Å². The van der Waals surface area contributed by atoms with E-state index >= 15 is 0 Å². The molecule has 0 spiro atoms. The van der Waals surface area contributed by atoms with Gasteiger partial charge >= 0.3 is 0 Å². The number of methoxy groups -OCH3 is 2. The van der Waals surface area contributed by atoms with Crippen molar-refractivity contribution in [2.24, 2.45) is 0 Å². The number of hydrogen-bond acceptors (Lipinski definition) is 3. The van der Waals surface area contributed by atoms with E-state index in [1.807, 2.05) is 19.9 Å². The molecule has 0 aliphatic carbocycles. The van der Waals surface area contributed by atoms with Crippen molar-refractivity contribution in [1.29, 1.82) is 0 Å². The monoisotopic (exact) mass is 265 g/mol. The smallest absolute Gasteiger partial charge is 0.224 e. The van der Waals surface area contributed by atoms with Crippen LogP contribution in [-0.2, 0) is 16.0 Å². The highest BCUT2D eigenvalue weighted by molar-refractivity contribution is 5.79. The number of hydrogen-bond donors (Lipinski definition) is 1. The van der Waals surface area contributed by atoms with Crippen LogP contribution in [0.1, 0.15) is 23.1 Å². The molecule has 0 heterocycles. The molecule has 4 heteroatoms. The van der Waals surface area contributed by atoms with Crippen molar-refractivity contribution >= 4 is 5.91 Å². The number of aryl methyl sites for hydroxylation is 2. The summed E-state index contributed by atoms with van der Waals surface area (Å²) in [5, 5.41) is 2.88. The summed E-state index contributed by atoms with van der Waals surface area (Å²) < 4.78 is 10.3. The Morgan fingerprint density at radius 2 is 2.00 bits per heavy atom. The summed E-state index contributed by atoms with van der Waals surface area (Å²) >= 11 is 0. The number of benzene rings is 1. The predicted octanol–water partition coefficient (Wildman–Crippen LogP) is 2.01. The Labute approximate surface area is 115 Å². The van der Waals surface area contributed by atoms with Crippen LogP contribution in [0.25, 0.3) is 0 Å². The van der Waals surface area contributed by atoms with Crippen molar-refractivity contribution in [1.82, 2.24) is 5.32 Å². The SMILES string of the molecule is COCCCNC(=O)Cc1cc(C)cc(C)c1OC. The van der Waals surface area contributed by atoms with E-state index in [9.17, 15) is 4.79 Å². The van der Waals surface area contributed by atoms with E-state index in [0.29, 0.717) is 19.6 Å². The summed E-state index contributed by atoms with van der Waals surface area (Å²) in [6.45, 7) is 5.31. The molecule has 0 atom stereocenters. The third-order valence-electron chi connectivity index (χ3n) is 2.90. The molecule has 0 fully saturated rings. The molecule has 4 nitrogen and oxygen atoms in total. The standard InChI is InChI=1S/C15H23NO3/c1-11-8-12(2)15(19-4)13(9-11)10-14(17)16-6-5-7-18-3/h8-9H,5-7,10H2,1-4H3,(H,16,17). The summed E-state index contributed by atoms with van der Waals surface area (Å²) in [4.78, 5) is 11.9. The first-order chi connectivity index (χ1) is 9.08. The van der Waals surface area contributed by atoms with Crippen LogP contribution < -0.4 is 10.1 Å². The molecule has 0 radical (unpaired) electrons. The minimum Gasteiger partial charge on any atom is -0.496 e. The topological polar surface area (TPSA) is 47.6 Å². The van der Waals surface area contributed by atoms with Crippen molar-refractivity contribution < 1.29 is 14.3 Å². The minimum atomic E-state index is 0.0133. The molecule has 1 rings (SSSR count). The van der Waals surface area contributed by atoms with Crippen LogP contribution in [0.3, 0.4) is 0 Å². The highest BCUT2D eigenvalue weighted by Gasteiger charge is 2.11. The molecule has 1 aromatic rings. The largest absolute Gasteiger partial charge is 0.496 e. The van der Waals surface area contributed by atoms with Crippen LogP contribution in [0.2, 0.25) is 0 Å². The highest BCUT2D eigenvalue weighted by atomic mass is 16.5. The van der Waals surface area contributed by atoms with Crippen molar-refractivity contribution in [3.63, 3.8) is 0 Å². The molecule has 0 saturated heterocycles. The van der Waals surface area contributed by atoms with Gasteiger partial charge in [0.1, 0.15) is 5.75 Å². The van der Waals surface area contributed by atoms with Crippen molar-refractivity contribution in [2.45, 2.75) is 26.7 Å². The summed E-state index contributed by atoms with van der Waals surface area (Å²) in [5.74, 6) is 0.817. The van der Waals surface area contributed by atoms with E-state index in [2.05, 4.69) is 11.4 Å². The molecule has 1 N–H and O–H groups in total. The molecule has 0 aliphatic heterocycles. The number of carbonyl (C=O) groups is 1. The van der Waals surface area contributed by atoms with Gasteiger partial charge in [-0.3, -0.25) is 4.79 Å². The maximum absolute atomic E-state index is 11.9. The molecular formula is C15H23NO3. The minimum absolute atomic E-state index is 0.0133. The quantitative estimate of drug-likeness (QED) is 0.767. The van der Waals surface area contributed by atoms with E-state index in [0.717, 1.165) is 28.9 Å². The second-order valence-electron chi connectivity index (χ2n) is 4.65. The average molecular weight is 265 g/mol. The first-order valence-electron chi connectivity index (χ1n) is 6.48. The molecular weight excluding hydrogens is 242 g/mol. The van der Waals surface area contributed by atoms with Gasteiger partial charge in [-0.1, -0.05) is 17.7 Å². The number of nitrogens with one attached hydrogen (secondary N) is 1. The van der Waals surface area contributed by atoms with Gasteiger partial charge in [-0.05, 0) is 25.8 Å². The van der Waals surface area contributed by atoms with E-state index in [4.69, 9.17) is 9.47 Å². The third-order valence-corrected chi connectivity index (χ3v) is 2.90. The van der Waals surface area contributed by atoms with Gasteiger partial charge < -0.3 is 14.8 Å². The van der Waals surface area contributed by atoms with Gasteiger partial charge in [0.2, 0.25) is 5.91 Å². The van der Waals surface area contributed by atoms with Crippen molar-refractivity contribution in [2.75, 3.05) is 27.4 Å². The average Bonchev–Trinajstić information content (AvgIpc) is 2.34. The lowest BCUT2D eigenvalue weighted by atomic mass is 10.0. The summed E-state index contributed by atoms with van der Waals surface area (Å²) in [5.41, 5.74) is 3.13. The van der Waals surface area contributed by atoms with Crippen LogP contribution in [0, 0.1) is 13.8 Å². The first-order valence-corrected chi connectivity index (χ1v) is 6.48. The number of amides is 1. The fraction of sp³-hybridized carbons (Fsp3) is 0.533. The Morgan fingerprint density at radius 1 is 1.26 bits per heavy atom. The number of ether oxygens (including phenoxy) is 2. The Bertz CT molecular complexity index is 430. The molecule has 19 heavy (non-hydrogen) atoms. The van der Waals surface area contributed by atoms with Crippen LogP contribution in [0.4, 0.5) is 0 Å². The molecule has 0 aromatic heterocycles. The van der Waals surface area contributed by atoms with E-state index in [-0.39, 0.29) is 5.91 Å². The molecule has 0 aliphatic rings. The lowest BCUT2D eigenvalue weighted by Crippen LogP contribution is -2.27. The normalized spacial score (nSPS) is 10.3. The summed E-state index contributed by atoms with van der Waals surface area (Å²) in [7, 11) is 3.29.